The molecule has 1 heterocycles. The van der Waals surface area contributed by atoms with Gasteiger partial charge in [0.15, 0.2) is 0 Å². The number of para-hydroxylation sites is 1. The Hall–Kier alpha value is -2.88. The fraction of sp³-hybridized carbons (Fsp3) is 0.304. The van der Waals surface area contributed by atoms with E-state index in [2.05, 4.69) is 24.9 Å². The molecule has 0 aliphatic rings. The highest BCUT2D eigenvalue weighted by molar-refractivity contribution is 5.78. The van der Waals surface area contributed by atoms with Gasteiger partial charge in [0.1, 0.15) is 12.4 Å². The first-order chi connectivity index (χ1) is 13.0. The molecule has 0 aliphatic carbocycles. The number of pyridine rings is 1. The van der Waals surface area contributed by atoms with Crippen molar-refractivity contribution >= 4 is 16.9 Å². The summed E-state index contributed by atoms with van der Waals surface area (Å²) in [6.45, 7) is 4.73. The SMILES string of the molecule is COC(=O)Cc1ccc(OCc2ccc3ccccc3n2)cc1CC(C)C. The number of aromatic nitrogens is 1. The minimum atomic E-state index is -0.228. The topological polar surface area (TPSA) is 48.4 Å². The van der Waals surface area contributed by atoms with Crippen LogP contribution in [-0.2, 0) is 29.0 Å². The molecule has 0 saturated carbocycles. The molecule has 4 nitrogen and oxygen atoms in total. The van der Waals surface area contributed by atoms with Crippen LogP contribution in [0, 0.1) is 5.92 Å². The van der Waals surface area contributed by atoms with Crippen molar-refractivity contribution in [2.24, 2.45) is 5.92 Å². The summed E-state index contributed by atoms with van der Waals surface area (Å²) in [7, 11) is 1.42. The average Bonchev–Trinajstić information content (AvgIpc) is 2.67. The summed E-state index contributed by atoms with van der Waals surface area (Å²) in [5.41, 5.74) is 3.97. The van der Waals surface area contributed by atoms with Gasteiger partial charge < -0.3 is 9.47 Å². The molecule has 1 aromatic heterocycles. The van der Waals surface area contributed by atoms with Crippen molar-refractivity contribution in [3.05, 3.63) is 71.4 Å². The standard InChI is InChI=1S/C23H25NO3/c1-16(2)12-19-13-21(11-9-18(19)14-23(25)26-3)27-15-20-10-8-17-6-4-5-7-22(17)24-20/h4-11,13,16H,12,14-15H2,1-3H3. The Balaban J connectivity index is 1.75. The third kappa shape index (κ3) is 5.07. The lowest BCUT2D eigenvalue weighted by molar-refractivity contribution is -0.139. The molecule has 0 radical (unpaired) electrons. The summed E-state index contributed by atoms with van der Waals surface area (Å²) in [4.78, 5) is 16.3. The van der Waals surface area contributed by atoms with Crippen LogP contribution in [0.25, 0.3) is 10.9 Å². The quantitative estimate of drug-likeness (QED) is 0.570. The fourth-order valence-corrected chi connectivity index (χ4v) is 3.07. The first kappa shape index (κ1) is 18.9. The molecule has 4 heteroatoms. The highest BCUT2D eigenvalue weighted by atomic mass is 16.5. The Bertz CT molecular complexity index is 934. The lowest BCUT2D eigenvalue weighted by atomic mass is 9.96. The van der Waals surface area contributed by atoms with Crippen molar-refractivity contribution in [1.82, 2.24) is 4.98 Å². The molecule has 0 unspecified atom stereocenters. The minimum Gasteiger partial charge on any atom is -0.487 e. The van der Waals surface area contributed by atoms with Gasteiger partial charge in [0.25, 0.3) is 0 Å². The zero-order valence-electron chi connectivity index (χ0n) is 16.1. The van der Waals surface area contributed by atoms with Crippen LogP contribution in [0.1, 0.15) is 30.7 Å². The maximum atomic E-state index is 11.7. The van der Waals surface area contributed by atoms with Crippen molar-refractivity contribution < 1.29 is 14.3 Å². The number of rotatable bonds is 7. The molecular formula is C23H25NO3. The Morgan fingerprint density at radius 2 is 1.85 bits per heavy atom. The zero-order valence-corrected chi connectivity index (χ0v) is 16.1. The smallest absolute Gasteiger partial charge is 0.309 e. The number of esters is 1. The molecule has 0 amide bonds. The average molecular weight is 363 g/mol. The van der Waals surface area contributed by atoms with Gasteiger partial charge in [-0.25, -0.2) is 4.98 Å². The molecule has 0 aliphatic heterocycles. The lowest BCUT2D eigenvalue weighted by Crippen LogP contribution is -2.09. The van der Waals surface area contributed by atoms with E-state index in [1.165, 1.54) is 7.11 Å². The zero-order chi connectivity index (χ0) is 19.2. The minimum absolute atomic E-state index is 0.228. The van der Waals surface area contributed by atoms with Crippen LogP contribution in [0.15, 0.2) is 54.6 Å². The number of carbonyl (C=O) groups excluding carboxylic acids is 1. The fourth-order valence-electron chi connectivity index (χ4n) is 3.07. The van der Waals surface area contributed by atoms with Gasteiger partial charge >= 0.3 is 5.97 Å². The third-order valence-electron chi connectivity index (χ3n) is 4.41. The van der Waals surface area contributed by atoms with E-state index in [0.717, 1.165) is 39.9 Å². The van der Waals surface area contributed by atoms with E-state index in [1.54, 1.807) is 0 Å². The van der Waals surface area contributed by atoms with Crippen LogP contribution in [0.3, 0.4) is 0 Å². The van der Waals surface area contributed by atoms with Crippen molar-refractivity contribution in [3.63, 3.8) is 0 Å². The van der Waals surface area contributed by atoms with E-state index < -0.39 is 0 Å². The molecule has 3 rings (SSSR count). The number of fused-ring (bicyclic) bond motifs is 1. The van der Waals surface area contributed by atoms with Gasteiger partial charge in [0, 0.05) is 5.39 Å². The van der Waals surface area contributed by atoms with Crippen LogP contribution in [0.5, 0.6) is 5.75 Å². The molecule has 0 atom stereocenters. The number of ether oxygens (including phenoxy) is 2. The maximum absolute atomic E-state index is 11.7. The van der Waals surface area contributed by atoms with Crippen LogP contribution in [0.4, 0.5) is 0 Å². The van der Waals surface area contributed by atoms with Crippen LogP contribution < -0.4 is 4.74 Å². The predicted octanol–water partition coefficient (Wildman–Crippen LogP) is 4.73. The van der Waals surface area contributed by atoms with E-state index in [1.807, 2.05) is 48.5 Å². The molecule has 0 bridgehead atoms. The van der Waals surface area contributed by atoms with Crippen molar-refractivity contribution in [3.8, 4) is 5.75 Å². The Morgan fingerprint density at radius 1 is 1.04 bits per heavy atom. The second-order valence-corrected chi connectivity index (χ2v) is 7.07. The Labute approximate surface area is 160 Å². The summed E-state index contributed by atoms with van der Waals surface area (Å²) in [6.07, 6.45) is 1.17. The number of hydrogen-bond acceptors (Lipinski definition) is 4. The van der Waals surface area contributed by atoms with E-state index in [0.29, 0.717) is 12.5 Å². The second-order valence-electron chi connectivity index (χ2n) is 7.07. The van der Waals surface area contributed by atoms with Gasteiger partial charge in [-0.3, -0.25) is 4.79 Å². The lowest BCUT2D eigenvalue weighted by Gasteiger charge is -2.14. The molecule has 0 N–H and O–H groups in total. The summed E-state index contributed by atoms with van der Waals surface area (Å²) >= 11 is 0. The first-order valence-electron chi connectivity index (χ1n) is 9.21. The second kappa shape index (κ2) is 8.67. The van der Waals surface area contributed by atoms with Crippen LogP contribution >= 0.6 is 0 Å². The first-order valence-corrected chi connectivity index (χ1v) is 9.21. The number of hydrogen-bond donors (Lipinski definition) is 0. The summed E-state index contributed by atoms with van der Waals surface area (Å²) in [5, 5.41) is 1.12. The summed E-state index contributed by atoms with van der Waals surface area (Å²) < 4.78 is 10.8. The maximum Gasteiger partial charge on any atom is 0.309 e. The molecule has 3 aromatic rings. The van der Waals surface area contributed by atoms with E-state index in [9.17, 15) is 4.79 Å². The number of benzene rings is 2. The van der Waals surface area contributed by atoms with Gasteiger partial charge in [-0.2, -0.15) is 0 Å². The van der Waals surface area contributed by atoms with Crippen molar-refractivity contribution in [2.75, 3.05) is 7.11 Å². The summed E-state index contributed by atoms with van der Waals surface area (Å²) in [5.74, 6) is 1.04. The molecule has 2 aromatic carbocycles. The monoisotopic (exact) mass is 363 g/mol. The van der Waals surface area contributed by atoms with E-state index >= 15 is 0 Å². The molecule has 140 valence electrons. The molecule has 27 heavy (non-hydrogen) atoms. The van der Waals surface area contributed by atoms with Crippen LogP contribution in [-0.4, -0.2) is 18.1 Å². The third-order valence-corrected chi connectivity index (χ3v) is 4.41. The molecule has 0 fully saturated rings. The normalized spacial score (nSPS) is 11.0. The van der Waals surface area contributed by atoms with Gasteiger partial charge in [-0.1, -0.05) is 44.2 Å². The van der Waals surface area contributed by atoms with E-state index in [-0.39, 0.29) is 12.4 Å². The number of carbonyl (C=O) groups is 1. The highest BCUT2D eigenvalue weighted by Crippen LogP contribution is 2.23. The van der Waals surface area contributed by atoms with Crippen LogP contribution in [0.2, 0.25) is 0 Å². The highest BCUT2D eigenvalue weighted by Gasteiger charge is 2.11. The molecule has 0 spiro atoms. The summed E-state index contributed by atoms with van der Waals surface area (Å²) in [6, 6.07) is 18.0. The van der Waals surface area contributed by atoms with Crippen molar-refractivity contribution in [1.29, 1.82) is 0 Å². The molecular weight excluding hydrogens is 338 g/mol. The predicted molar refractivity (Wildman–Crippen MR) is 107 cm³/mol. The Kier molecular flexibility index (Phi) is 6.07. The van der Waals surface area contributed by atoms with Gasteiger partial charge in [-0.05, 0) is 47.7 Å². The van der Waals surface area contributed by atoms with Gasteiger partial charge in [0.05, 0.1) is 24.7 Å². The van der Waals surface area contributed by atoms with Gasteiger partial charge in [-0.15, -0.1) is 0 Å². The number of nitrogens with zero attached hydrogens (tertiary/aromatic N) is 1. The van der Waals surface area contributed by atoms with E-state index in [4.69, 9.17) is 9.47 Å². The number of methoxy groups -OCH3 is 1. The van der Waals surface area contributed by atoms with Gasteiger partial charge in [0.2, 0.25) is 0 Å². The van der Waals surface area contributed by atoms with Crippen molar-refractivity contribution in [2.45, 2.75) is 33.3 Å². The molecule has 0 saturated heterocycles. The Morgan fingerprint density at radius 3 is 2.63 bits per heavy atom. The largest absolute Gasteiger partial charge is 0.487 e.